The van der Waals surface area contributed by atoms with Gasteiger partial charge in [-0.15, -0.1) is 0 Å². The van der Waals surface area contributed by atoms with E-state index in [1.165, 1.54) is 36.4 Å². The van der Waals surface area contributed by atoms with Crippen molar-refractivity contribution in [2.75, 3.05) is 0 Å². The second-order valence-electron chi connectivity index (χ2n) is 6.27. The van der Waals surface area contributed by atoms with Crippen molar-refractivity contribution in [1.82, 2.24) is 5.32 Å². The Bertz CT molecular complexity index is 1080. The summed E-state index contributed by atoms with van der Waals surface area (Å²) in [7, 11) is 0. The average Bonchev–Trinajstić information content (AvgIpc) is 2.73. The van der Waals surface area contributed by atoms with Crippen molar-refractivity contribution < 1.29 is 14.6 Å². The Hall–Kier alpha value is -4.32. The zero-order chi connectivity index (χ0) is 21.0. The molecule has 1 N–H and O–H groups in total. The number of hydrogen-bond donors (Lipinski definition) is 1. The molecule has 0 saturated carbocycles. The molecule has 2 aromatic carbocycles. The van der Waals surface area contributed by atoms with Crippen LogP contribution in [0.25, 0.3) is 0 Å². The van der Waals surface area contributed by atoms with E-state index >= 15 is 0 Å². The number of non-ortho nitro benzene ring substituents is 1. The Kier molecular flexibility index (Phi) is 5.46. The quantitative estimate of drug-likeness (QED) is 0.615. The fourth-order valence-corrected chi connectivity index (χ4v) is 3.02. The molecule has 144 valence electrons. The zero-order valence-corrected chi connectivity index (χ0v) is 14.9. The molecule has 9 heteroatoms. The number of hydrogen-bond acceptors (Lipinski definition) is 6. The minimum atomic E-state index is -0.750. The van der Waals surface area contributed by atoms with Crippen molar-refractivity contribution >= 4 is 11.6 Å². The highest BCUT2D eigenvalue weighted by Crippen LogP contribution is 2.29. The number of nitro groups is 2. The predicted molar refractivity (Wildman–Crippen MR) is 102 cm³/mol. The van der Waals surface area contributed by atoms with Gasteiger partial charge in [0.15, 0.2) is 0 Å². The van der Waals surface area contributed by atoms with Crippen LogP contribution in [0.5, 0.6) is 0 Å². The van der Waals surface area contributed by atoms with Gasteiger partial charge in [0.1, 0.15) is 0 Å². The number of carbonyl (C=O) groups is 1. The normalized spacial score (nSPS) is 17.7. The molecule has 0 radical (unpaired) electrons. The average molecular weight is 390 g/mol. The monoisotopic (exact) mass is 390 g/mol. The lowest BCUT2D eigenvalue weighted by Crippen LogP contribution is -2.39. The summed E-state index contributed by atoms with van der Waals surface area (Å²) in [6, 6.07) is 13.1. The minimum Gasteiger partial charge on any atom is -0.345 e. The highest BCUT2D eigenvalue weighted by atomic mass is 16.6. The van der Waals surface area contributed by atoms with E-state index in [2.05, 4.69) is 5.32 Å². The van der Waals surface area contributed by atoms with Crippen molar-refractivity contribution in [3.05, 3.63) is 109 Å². The Labute approximate surface area is 164 Å². The van der Waals surface area contributed by atoms with Gasteiger partial charge in [0.25, 0.3) is 17.3 Å². The summed E-state index contributed by atoms with van der Waals surface area (Å²) in [5.74, 6) is -0.948. The molecular formula is C20H14N4O5. The van der Waals surface area contributed by atoms with Crippen molar-refractivity contribution in [3.8, 4) is 6.07 Å². The summed E-state index contributed by atoms with van der Waals surface area (Å²) < 4.78 is 0. The van der Waals surface area contributed by atoms with Crippen LogP contribution in [0.15, 0.2) is 72.5 Å². The standard InChI is InChI=1S/C20H14N4O5/c21-12-13-2-1-3-15(10-13)20(25)22-19-11-17(24(28)29)8-9-18(19)14-4-6-16(7-5-14)23(26)27/h1-11,18-19H,(H,22,25). The van der Waals surface area contributed by atoms with E-state index in [4.69, 9.17) is 5.26 Å². The molecule has 2 unspecified atom stereocenters. The maximum absolute atomic E-state index is 12.6. The van der Waals surface area contributed by atoms with Gasteiger partial charge in [-0.2, -0.15) is 5.26 Å². The summed E-state index contributed by atoms with van der Waals surface area (Å²) in [6.45, 7) is 0. The number of nitro benzene ring substituents is 1. The molecule has 3 rings (SSSR count). The Morgan fingerprint density at radius 1 is 1.07 bits per heavy atom. The smallest absolute Gasteiger partial charge is 0.269 e. The Morgan fingerprint density at radius 2 is 1.79 bits per heavy atom. The van der Waals surface area contributed by atoms with Crippen molar-refractivity contribution in [3.63, 3.8) is 0 Å². The van der Waals surface area contributed by atoms with Gasteiger partial charge in [-0.1, -0.05) is 24.3 Å². The number of nitrogens with one attached hydrogen (secondary N) is 1. The number of carbonyl (C=O) groups excluding carboxylic acids is 1. The van der Waals surface area contributed by atoms with Crippen LogP contribution in [0, 0.1) is 31.6 Å². The van der Waals surface area contributed by atoms with Gasteiger partial charge in [-0.3, -0.25) is 25.0 Å². The Balaban J connectivity index is 1.90. The third-order valence-corrected chi connectivity index (χ3v) is 4.46. The first-order chi connectivity index (χ1) is 13.9. The van der Waals surface area contributed by atoms with Gasteiger partial charge in [0.2, 0.25) is 0 Å². The van der Waals surface area contributed by atoms with Gasteiger partial charge in [0, 0.05) is 35.8 Å². The molecule has 1 aliphatic rings. The first-order valence-corrected chi connectivity index (χ1v) is 8.49. The number of allylic oxidation sites excluding steroid dienone is 1. The third kappa shape index (κ3) is 4.33. The molecule has 0 heterocycles. The third-order valence-electron chi connectivity index (χ3n) is 4.46. The zero-order valence-electron chi connectivity index (χ0n) is 14.9. The highest BCUT2D eigenvalue weighted by molar-refractivity contribution is 5.95. The molecule has 0 spiro atoms. The van der Waals surface area contributed by atoms with Crippen LogP contribution >= 0.6 is 0 Å². The fraction of sp³-hybridized carbons (Fsp3) is 0.100. The molecule has 0 fully saturated rings. The van der Waals surface area contributed by atoms with Gasteiger partial charge in [-0.25, -0.2) is 0 Å². The second-order valence-corrected chi connectivity index (χ2v) is 6.27. The van der Waals surface area contributed by atoms with Crippen molar-refractivity contribution in [1.29, 1.82) is 5.26 Å². The SMILES string of the molecule is N#Cc1cccc(C(=O)NC2C=C([N+](=O)[O-])C=CC2c2ccc([N+](=O)[O-])cc2)c1. The van der Waals surface area contributed by atoms with E-state index in [9.17, 15) is 25.0 Å². The number of nitrogens with zero attached hydrogens (tertiary/aromatic N) is 3. The van der Waals surface area contributed by atoms with Crippen molar-refractivity contribution in [2.24, 2.45) is 0 Å². The summed E-state index contributed by atoms with van der Waals surface area (Å²) >= 11 is 0. The lowest BCUT2D eigenvalue weighted by molar-refractivity contribution is -0.419. The van der Waals surface area contributed by atoms with E-state index < -0.39 is 27.7 Å². The molecule has 9 nitrogen and oxygen atoms in total. The van der Waals surface area contributed by atoms with Crippen LogP contribution in [0.4, 0.5) is 5.69 Å². The molecule has 2 atom stereocenters. The molecule has 1 aliphatic carbocycles. The van der Waals surface area contributed by atoms with Gasteiger partial charge >= 0.3 is 0 Å². The molecule has 2 aromatic rings. The van der Waals surface area contributed by atoms with Crippen LogP contribution in [-0.4, -0.2) is 21.8 Å². The van der Waals surface area contributed by atoms with Crippen LogP contribution < -0.4 is 5.32 Å². The van der Waals surface area contributed by atoms with Crippen molar-refractivity contribution in [2.45, 2.75) is 12.0 Å². The molecule has 0 bridgehead atoms. The Morgan fingerprint density at radius 3 is 2.41 bits per heavy atom. The fourth-order valence-electron chi connectivity index (χ4n) is 3.02. The number of benzene rings is 2. The summed E-state index contributed by atoms with van der Waals surface area (Å²) in [4.78, 5) is 33.6. The molecule has 0 aliphatic heterocycles. The van der Waals surface area contributed by atoms with Gasteiger partial charge < -0.3 is 5.32 Å². The molecule has 1 amide bonds. The lowest BCUT2D eigenvalue weighted by Gasteiger charge is -2.25. The van der Waals surface area contributed by atoms with E-state index in [1.807, 2.05) is 6.07 Å². The maximum atomic E-state index is 12.6. The number of nitriles is 1. The predicted octanol–water partition coefficient (Wildman–Crippen LogP) is 3.08. The first-order valence-electron chi connectivity index (χ1n) is 8.49. The molecular weight excluding hydrogens is 376 g/mol. The second kappa shape index (κ2) is 8.14. The minimum absolute atomic E-state index is 0.0797. The summed E-state index contributed by atoms with van der Waals surface area (Å²) in [5, 5.41) is 33.7. The van der Waals surface area contributed by atoms with E-state index in [-0.39, 0.29) is 16.9 Å². The lowest BCUT2D eigenvalue weighted by atomic mass is 9.87. The first kappa shape index (κ1) is 19.4. The number of amides is 1. The van der Waals surface area contributed by atoms with Gasteiger partial charge in [-0.05, 0) is 23.8 Å². The number of rotatable bonds is 5. The molecule has 29 heavy (non-hydrogen) atoms. The van der Waals surface area contributed by atoms with Crippen LogP contribution in [0.2, 0.25) is 0 Å². The van der Waals surface area contributed by atoms with Gasteiger partial charge in [0.05, 0.1) is 27.5 Å². The molecule has 0 aromatic heterocycles. The molecule has 0 saturated heterocycles. The van der Waals surface area contributed by atoms with Crippen LogP contribution in [0.1, 0.15) is 27.4 Å². The summed E-state index contributed by atoms with van der Waals surface area (Å²) in [6.07, 6.45) is 4.25. The van der Waals surface area contributed by atoms with Crippen LogP contribution in [-0.2, 0) is 0 Å². The topological polar surface area (TPSA) is 139 Å². The van der Waals surface area contributed by atoms with Crippen LogP contribution in [0.3, 0.4) is 0 Å². The van der Waals surface area contributed by atoms with E-state index in [0.29, 0.717) is 11.1 Å². The van der Waals surface area contributed by atoms with E-state index in [1.54, 1.807) is 30.3 Å². The summed E-state index contributed by atoms with van der Waals surface area (Å²) in [5.41, 5.74) is 0.969. The highest BCUT2D eigenvalue weighted by Gasteiger charge is 2.28. The maximum Gasteiger partial charge on any atom is 0.269 e. The van der Waals surface area contributed by atoms with E-state index in [0.717, 1.165) is 0 Å². The largest absolute Gasteiger partial charge is 0.345 e.